The van der Waals surface area contributed by atoms with Gasteiger partial charge in [-0.1, -0.05) is 0 Å². The van der Waals surface area contributed by atoms with Gasteiger partial charge < -0.3 is 15.4 Å². The number of carbonyl (C=O) groups is 1. The van der Waals surface area contributed by atoms with E-state index in [1.54, 1.807) is 0 Å². The highest BCUT2D eigenvalue weighted by atomic mass is 16.5. The number of nitrogens with one attached hydrogen (secondary N) is 2. The molecule has 0 radical (unpaired) electrons. The van der Waals surface area contributed by atoms with Gasteiger partial charge >= 0.3 is 6.03 Å². The van der Waals surface area contributed by atoms with Gasteiger partial charge in [0.1, 0.15) is 0 Å². The molecule has 0 aromatic rings. The Hall–Kier alpha value is -0.770. The van der Waals surface area contributed by atoms with Crippen molar-refractivity contribution in [3.8, 4) is 0 Å². The van der Waals surface area contributed by atoms with Crippen LogP contribution < -0.4 is 10.6 Å². The van der Waals surface area contributed by atoms with Crippen LogP contribution in [0, 0.1) is 5.92 Å². The molecule has 1 unspecified atom stereocenters. The molecular weight excluding hydrogens is 168 g/mol. The summed E-state index contributed by atoms with van der Waals surface area (Å²) in [5.74, 6) is 0.497. The number of hydrogen-bond acceptors (Lipinski definition) is 2. The lowest BCUT2D eigenvalue weighted by Crippen LogP contribution is -2.39. The molecule has 0 saturated carbocycles. The molecular formula is C9H18N2O2. The molecule has 0 aromatic carbocycles. The van der Waals surface area contributed by atoms with Crippen LogP contribution in [0.5, 0.6) is 0 Å². The van der Waals surface area contributed by atoms with Crippen molar-refractivity contribution < 1.29 is 9.53 Å². The number of rotatable bonds is 3. The molecule has 13 heavy (non-hydrogen) atoms. The van der Waals surface area contributed by atoms with Crippen molar-refractivity contribution in [2.75, 3.05) is 26.3 Å². The monoisotopic (exact) mass is 186 g/mol. The zero-order valence-electron chi connectivity index (χ0n) is 8.14. The maximum absolute atomic E-state index is 11.0. The van der Waals surface area contributed by atoms with Crippen LogP contribution in [-0.4, -0.2) is 32.3 Å². The molecule has 0 bridgehead atoms. The van der Waals surface area contributed by atoms with Crippen molar-refractivity contribution in [1.82, 2.24) is 10.6 Å². The zero-order chi connectivity index (χ0) is 9.52. The molecule has 0 aliphatic carbocycles. The highest BCUT2D eigenvalue weighted by molar-refractivity contribution is 5.73. The molecule has 4 heteroatoms. The van der Waals surface area contributed by atoms with Crippen LogP contribution >= 0.6 is 0 Å². The Balaban J connectivity index is 2.06. The van der Waals surface area contributed by atoms with Crippen molar-refractivity contribution in [3.63, 3.8) is 0 Å². The van der Waals surface area contributed by atoms with Crippen molar-refractivity contribution in [3.05, 3.63) is 0 Å². The molecule has 1 rings (SSSR count). The molecule has 0 aromatic heterocycles. The molecule has 1 heterocycles. The quantitative estimate of drug-likeness (QED) is 0.682. The van der Waals surface area contributed by atoms with E-state index in [4.69, 9.17) is 4.74 Å². The third-order valence-electron chi connectivity index (χ3n) is 2.14. The van der Waals surface area contributed by atoms with E-state index in [1.807, 2.05) is 6.92 Å². The van der Waals surface area contributed by atoms with Gasteiger partial charge in [-0.15, -0.1) is 0 Å². The SMILES string of the molecule is CCNC(=O)NCC1CCCOC1. The first-order chi connectivity index (χ1) is 6.33. The molecule has 2 amide bonds. The van der Waals surface area contributed by atoms with Gasteiger partial charge in [-0.3, -0.25) is 0 Å². The largest absolute Gasteiger partial charge is 0.381 e. The fourth-order valence-electron chi connectivity index (χ4n) is 1.43. The lowest BCUT2D eigenvalue weighted by molar-refractivity contribution is 0.0557. The topological polar surface area (TPSA) is 50.4 Å². The van der Waals surface area contributed by atoms with E-state index in [1.165, 1.54) is 0 Å². The van der Waals surface area contributed by atoms with Crippen molar-refractivity contribution in [2.24, 2.45) is 5.92 Å². The van der Waals surface area contributed by atoms with E-state index >= 15 is 0 Å². The second kappa shape index (κ2) is 5.80. The van der Waals surface area contributed by atoms with Gasteiger partial charge in [0.05, 0.1) is 6.61 Å². The summed E-state index contributed by atoms with van der Waals surface area (Å²) in [5.41, 5.74) is 0. The fourth-order valence-corrected chi connectivity index (χ4v) is 1.43. The van der Waals surface area contributed by atoms with E-state index in [0.717, 1.165) is 32.6 Å². The summed E-state index contributed by atoms with van der Waals surface area (Å²) >= 11 is 0. The Kier molecular flexibility index (Phi) is 4.60. The van der Waals surface area contributed by atoms with Gasteiger partial charge in [0, 0.05) is 19.7 Å². The maximum atomic E-state index is 11.0. The third kappa shape index (κ3) is 4.12. The maximum Gasteiger partial charge on any atom is 0.314 e. The highest BCUT2D eigenvalue weighted by Gasteiger charge is 2.14. The summed E-state index contributed by atoms with van der Waals surface area (Å²) in [7, 11) is 0. The number of ether oxygens (including phenoxy) is 1. The first-order valence-electron chi connectivity index (χ1n) is 4.92. The summed E-state index contributed by atoms with van der Waals surface area (Å²) in [4.78, 5) is 11.0. The summed E-state index contributed by atoms with van der Waals surface area (Å²) in [6.45, 7) is 4.96. The van der Waals surface area contributed by atoms with Crippen LogP contribution in [0.15, 0.2) is 0 Å². The van der Waals surface area contributed by atoms with Crippen LogP contribution in [0.2, 0.25) is 0 Å². The minimum Gasteiger partial charge on any atom is -0.381 e. The fraction of sp³-hybridized carbons (Fsp3) is 0.889. The van der Waals surface area contributed by atoms with Crippen molar-refractivity contribution in [2.45, 2.75) is 19.8 Å². The Morgan fingerprint density at radius 2 is 2.38 bits per heavy atom. The Morgan fingerprint density at radius 3 is 3.00 bits per heavy atom. The van der Waals surface area contributed by atoms with Crippen LogP contribution in [-0.2, 0) is 4.74 Å². The number of hydrogen-bond donors (Lipinski definition) is 2. The van der Waals surface area contributed by atoms with Gasteiger partial charge in [0.2, 0.25) is 0 Å². The third-order valence-corrected chi connectivity index (χ3v) is 2.14. The highest BCUT2D eigenvalue weighted by Crippen LogP contribution is 2.11. The van der Waals surface area contributed by atoms with Crippen LogP contribution in [0.25, 0.3) is 0 Å². The van der Waals surface area contributed by atoms with Crippen molar-refractivity contribution >= 4 is 6.03 Å². The second-order valence-electron chi connectivity index (χ2n) is 3.32. The lowest BCUT2D eigenvalue weighted by atomic mass is 10.0. The summed E-state index contributed by atoms with van der Waals surface area (Å²) in [6, 6.07) is -0.0759. The Morgan fingerprint density at radius 1 is 1.54 bits per heavy atom. The van der Waals surface area contributed by atoms with E-state index in [0.29, 0.717) is 12.5 Å². The molecule has 1 saturated heterocycles. The number of urea groups is 1. The van der Waals surface area contributed by atoms with Crippen LogP contribution in [0.3, 0.4) is 0 Å². The molecule has 1 aliphatic rings. The van der Waals surface area contributed by atoms with Crippen LogP contribution in [0.4, 0.5) is 4.79 Å². The van der Waals surface area contributed by atoms with Gasteiger partial charge in [0.25, 0.3) is 0 Å². The Bertz CT molecular complexity index is 156. The lowest BCUT2D eigenvalue weighted by Gasteiger charge is -2.22. The van der Waals surface area contributed by atoms with Gasteiger partial charge in [-0.05, 0) is 25.7 Å². The average molecular weight is 186 g/mol. The molecule has 4 nitrogen and oxygen atoms in total. The zero-order valence-corrected chi connectivity index (χ0v) is 8.14. The summed E-state index contributed by atoms with van der Waals surface area (Å²) < 4.78 is 5.30. The van der Waals surface area contributed by atoms with E-state index < -0.39 is 0 Å². The first kappa shape index (κ1) is 10.3. The Labute approximate surface area is 79.0 Å². The smallest absolute Gasteiger partial charge is 0.314 e. The molecule has 1 atom stereocenters. The van der Waals surface area contributed by atoms with Gasteiger partial charge in [0.15, 0.2) is 0 Å². The average Bonchev–Trinajstić information content (AvgIpc) is 2.17. The number of carbonyl (C=O) groups excluding carboxylic acids is 1. The molecule has 2 N–H and O–H groups in total. The predicted octanol–water partition coefficient (Wildman–Crippen LogP) is 0.732. The normalized spacial score (nSPS) is 22.4. The van der Waals surface area contributed by atoms with Crippen molar-refractivity contribution in [1.29, 1.82) is 0 Å². The van der Waals surface area contributed by atoms with Crippen LogP contribution in [0.1, 0.15) is 19.8 Å². The van der Waals surface area contributed by atoms with E-state index in [2.05, 4.69) is 10.6 Å². The first-order valence-corrected chi connectivity index (χ1v) is 4.92. The molecule has 76 valence electrons. The standard InChI is InChI=1S/C9H18N2O2/c1-2-10-9(12)11-6-8-4-3-5-13-7-8/h8H,2-7H2,1H3,(H2,10,11,12). The summed E-state index contributed by atoms with van der Waals surface area (Å²) in [5, 5.41) is 5.52. The second-order valence-corrected chi connectivity index (χ2v) is 3.32. The van der Waals surface area contributed by atoms with E-state index in [9.17, 15) is 4.79 Å². The molecule has 1 aliphatic heterocycles. The molecule has 1 fully saturated rings. The molecule has 0 spiro atoms. The van der Waals surface area contributed by atoms with Gasteiger partial charge in [-0.2, -0.15) is 0 Å². The summed E-state index contributed by atoms with van der Waals surface area (Å²) in [6.07, 6.45) is 2.27. The van der Waals surface area contributed by atoms with Gasteiger partial charge in [-0.25, -0.2) is 4.79 Å². The minimum absolute atomic E-state index is 0.0759. The van der Waals surface area contributed by atoms with E-state index in [-0.39, 0.29) is 6.03 Å². The number of amides is 2. The minimum atomic E-state index is -0.0759. The predicted molar refractivity (Wildman–Crippen MR) is 50.6 cm³/mol.